The molecule has 10 heteroatoms. The zero-order valence-electron chi connectivity index (χ0n) is 20.1. The fourth-order valence-electron chi connectivity index (χ4n) is 4.20. The second-order valence-electron chi connectivity index (χ2n) is 8.58. The predicted molar refractivity (Wildman–Crippen MR) is 130 cm³/mol. The van der Waals surface area contributed by atoms with E-state index in [0.29, 0.717) is 70.6 Å². The number of ether oxygens (including phenoxy) is 4. The maximum atomic E-state index is 14.0. The molecule has 0 N–H and O–H groups in total. The highest BCUT2D eigenvalue weighted by Gasteiger charge is 2.31. The van der Waals surface area contributed by atoms with Gasteiger partial charge in [0.1, 0.15) is 36.3 Å². The molecule has 2 heterocycles. The molecule has 5 rings (SSSR count). The summed E-state index contributed by atoms with van der Waals surface area (Å²) < 4.78 is 75.9. The Bertz CT molecular complexity index is 1500. The summed E-state index contributed by atoms with van der Waals surface area (Å²) in [7, 11) is 1.53. The number of alkyl halides is 3. The van der Waals surface area contributed by atoms with Gasteiger partial charge in [-0.3, -0.25) is 9.78 Å². The van der Waals surface area contributed by atoms with Crippen molar-refractivity contribution in [3.8, 4) is 28.7 Å². The Kier molecular flexibility index (Phi) is 6.79. The zero-order chi connectivity index (χ0) is 26.9. The van der Waals surface area contributed by atoms with Gasteiger partial charge in [-0.25, -0.2) is 4.39 Å². The molecule has 1 aliphatic heterocycles. The van der Waals surface area contributed by atoms with Gasteiger partial charge in [0, 0.05) is 25.1 Å². The summed E-state index contributed by atoms with van der Waals surface area (Å²) in [6, 6.07) is 12.1. The maximum Gasteiger partial charge on any atom is 0.416 e. The molecule has 196 valence electrons. The van der Waals surface area contributed by atoms with Gasteiger partial charge in [-0.2, -0.15) is 13.2 Å². The normalized spacial score (nSPS) is 12.9. The quantitative estimate of drug-likeness (QED) is 0.262. The molecule has 0 amide bonds. The Morgan fingerprint density at radius 3 is 2.39 bits per heavy atom. The van der Waals surface area contributed by atoms with Crippen LogP contribution in [0, 0.1) is 5.82 Å². The van der Waals surface area contributed by atoms with Gasteiger partial charge in [-0.05, 0) is 47.5 Å². The number of hydrogen-bond acceptors (Lipinski definition) is 6. The molecule has 0 spiro atoms. The van der Waals surface area contributed by atoms with E-state index in [1.165, 1.54) is 7.11 Å². The van der Waals surface area contributed by atoms with E-state index in [9.17, 15) is 22.4 Å². The lowest BCUT2D eigenvalue weighted by atomic mass is 10.0. The van der Waals surface area contributed by atoms with Crippen LogP contribution in [0.5, 0.6) is 28.7 Å². The first-order valence-electron chi connectivity index (χ1n) is 11.6. The molecule has 1 aliphatic rings. The van der Waals surface area contributed by atoms with Crippen molar-refractivity contribution in [1.29, 1.82) is 0 Å². The van der Waals surface area contributed by atoms with Crippen LogP contribution in [0.15, 0.2) is 60.8 Å². The number of Topliss-reactive ketones (excluding diaryl/α,β-unsaturated/α-hetero) is 1. The van der Waals surface area contributed by atoms with Gasteiger partial charge in [0.15, 0.2) is 11.5 Å². The molecule has 38 heavy (non-hydrogen) atoms. The van der Waals surface area contributed by atoms with E-state index in [4.69, 9.17) is 18.9 Å². The fourth-order valence-corrected chi connectivity index (χ4v) is 4.20. The first-order valence-corrected chi connectivity index (χ1v) is 11.6. The molecule has 3 aromatic carbocycles. The van der Waals surface area contributed by atoms with Crippen LogP contribution in [0.1, 0.15) is 16.7 Å². The van der Waals surface area contributed by atoms with E-state index in [2.05, 4.69) is 4.98 Å². The Morgan fingerprint density at radius 1 is 0.947 bits per heavy atom. The van der Waals surface area contributed by atoms with Gasteiger partial charge in [-0.1, -0.05) is 12.1 Å². The van der Waals surface area contributed by atoms with E-state index in [0.717, 1.165) is 6.07 Å². The summed E-state index contributed by atoms with van der Waals surface area (Å²) in [4.78, 5) is 16.9. The summed E-state index contributed by atoms with van der Waals surface area (Å²) in [6.07, 6.45) is -3.56. The third-order valence-corrected chi connectivity index (χ3v) is 5.98. The lowest BCUT2D eigenvalue weighted by Gasteiger charge is -2.23. The van der Waals surface area contributed by atoms with Crippen LogP contribution in [0.2, 0.25) is 0 Å². The van der Waals surface area contributed by atoms with E-state index in [-0.39, 0.29) is 12.0 Å². The van der Waals surface area contributed by atoms with Gasteiger partial charge in [0.2, 0.25) is 5.75 Å². The molecule has 0 aliphatic carbocycles. The zero-order valence-corrected chi connectivity index (χ0v) is 20.1. The number of carbonyl (C=O) groups is 1. The highest BCUT2D eigenvalue weighted by Crippen LogP contribution is 2.48. The van der Waals surface area contributed by atoms with Crippen molar-refractivity contribution in [2.45, 2.75) is 19.0 Å². The lowest BCUT2D eigenvalue weighted by Crippen LogP contribution is -2.16. The minimum atomic E-state index is -4.62. The number of aromatic nitrogens is 1. The summed E-state index contributed by atoms with van der Waals surface area (Å²) in [5, 5.41) is 0.616. The van der Waals surface area contributed by atoms with Crippen LogP contribution in [-0.2, 0) is 23.8 Å². The topological polar surface area (TPSA) is 66.9 Å². The summed E-state index contributed by atoms with van der Waals surface area (Å²) in [6.45, 7) is 0.739. The molecule has 0 fully saturated rings. The molecular weight excluding hydrogens is 506 g/mol. The molecule has 0 saturated carbocycles. The smallest absolute Gasteiger partial charge is 0.416 e. The van der Waals surface area contributed by atoms with Gasteiger partial charge >= 0.3 is 6.18 Å². The lowest BCUT2D eigenvalue weighted by molar-refractivity contribution is -0.137. The average Bonchev–Trinajstić information content (AvgIpc) is 2.90. The van der Waals surface area contributed by atoms with Crippen molar-refractivity contribution in [3.63, 3.8) is 0 Å². The van der Waals surface area contributed by atoms with Crippen LogP contribution in [0.3, 0.4) is 0 Å². The minimum absolute atomic E-state index is 0.0768. The summed E-state index contributed by atoms with van der Waals surface area (Å²) in [5.74, 6) is 1.11. The second kappa shape index (κ2) is 10.2. The third kappa shape index (κ3) is 5.20. The van der Waals surface area contributed by atoms with Crippen molar-refractivity contribution in [1.82, 2.24) is 4.98 Å². The highest BCUT2D eigenvalue weighted by atomic mass is 19.4. The Morgan fingerprint density at radius 2 is 1.68 bits per heavy atom. The van der Waals surface area contributed by atoms with Gasteiger partial charge in [0.25, 0.3) is 0 Å². The summed E-state index contributed by atoms with van der Waals surface area (Å²) >= 11 is 0. The Balaban J connectivity index is 1.32. The van der Waals surface area contributed by atoms with Gasteiger partial charge < -0.3 is 18.9 Å². The molecule has 0 unspecified atom stereocenters. The van der Waals surface area contributed by atoms with Crippen LogP contribution in [0.25, 0.3) is 10.9 Å². The molecule has 6 nitrogen and oxygen atoms in total. The van der Waals surface area contributed by atoms with Crippen molar-refractivity contribution in [2.75, 3.05) is 20.3 Å². The Labute approximate surface area is 214 Å². The monoisotopic (exact) mass is 527 g/mol. The summed E-state index contributed by atoms with van der Waals surface area (Å²) in [5.41, 5.74) is -0.0928. The number of rotatable bonds is 7. The van der Waals surface area contributed by atoms with Crippen LogP contribution in [0.4, 0.5) is 17.6 Å². The number of halogens is 4. The number of nitrogens with zero attached hydrogens (tertiary/aromatic N) is 1. The highest BCUT2D eigenvalue weighted by molar-refractivity contribution is 5.95. The molecule has 0 atom stereocenters. The van der Waals surface area contributed by atoms with Crippen LogP contribution < -0.4 is 18.9 Å². The van der Waals surface area contributed by atoms with Crippen molar-refractivity contribution in [3.05, 3.63) is 83.3 Å². The number of methoxy groups -OCH3 is 1. The number of benzene rings is 3. The molecule has 0 bridgehead atoms. The van der Waals surface area contributed by atoms with E-state index in [1.807, 2.05) is 0 Å². The number of ketones is 1. The maximum absolute atomic E-state index is 14.0. The molecule has 0 radical (unpaired) electrons. The molecule has 4 aromatic rings. The van der Waals surface area contributed by atoms with Crippen LogP contribution in [-0.4, -0.2) is 31.1 Å². The number of hydrogen-bond donors (Lipinski definition) is 0. The van der Waals surface area contributed by atoms with Gasteiger partial charge in [-0.15, -0.1) is 0 Å². The molecule has 1 aromatic heterocycles. The number of fused-ring (bicyclic) bond motifs is 3. The SMILES string of the molecule is COc1cc2nccc(Oc3ccc(CC(=O)Cc4cc(C(F)(F)F)ccc4F)cc3)c2c2c1OCCO2. The first kappa shape index (κ1) is 25.3. The minimum Gasteiger partial charge on any atom is -0.493 e. The van der Waals surface area contributed by atoms with E-state index in [1.54, 1.807) is 42.6 Å². The average molecular weight is 527 g/mol. The van der Waals surface area contributed by atoms with Crippen molar-refractivity contribution < 1.29 is 41.3 Å². The fraction of sp³-hybridized carbons (Fsp3) is 0.214. The van der Waals surface area contributed by atoms with Crippen molar-refractivity contribution >= 4 is 16.7 Å². The van der Waals surface area contributed by atoms with Crippen molar-refractivity contribution in [2.24, 2.45) is 0 Å². The standard InChI is InChI=1S/C28H21F4NO5/c1-35-24-15-22-25(27-26(24)36-10-11-37-27)23(8-9-33-22)38-20-5-2-16(3-6-20)12-19(34)14-17-13-18(28(30,31)32)4-7-21(17)29/h2-9,13,15H,10-12,14H2,1H3. The van der Waals surface area contributed by atoms with Gasteiger partial charge in [0.05, 0.1) is 23.6 Å². The molecular formula is C28H21F4NO5. The molecule has 0 saturated heterocycles. The van der Waals surface area contributed by atoms with E-state index >= 15 is 0 Å². The number of pyridine rings is 1. The Hall–Kier alpha value is -4.34. The largest absolute Gasteiger partial charge is 0.493 e. The van der Waals surface area contributed by atoms with Crippen LogP contribution >= 0.6 is 0 Å². The third-order valence-electron chi connectivity index (χ3n) is 5.98. The second-order valence-corrected chi connectivity index (χ2v) is 8.58. The first-order chi connectivity index (χ1) is 18.2. The predicted octanol–water partition coefficient (Wildman–Crippen LogP) is 6.32. The van der Waals surface area contributed by atoms with E-state index < -0.39 is 29.8 Å². The number of carbonyl (C=O) groups excluding carboxylic acids is 1.